The van der Waals surface area contributed by atoms with Crippen LogP contribution in [0.2, 0.25) is 0 Å². The summed E-state index contributed by atoms with van der Waals surface area (Å²) in [4.78, 5) is 11.6. The quantitative estimate of drug-likeness (QED) is 0.726. The van der Waals surface area contributed by atoms with Crippen LogP contribution in [0.25, 0.3) is 0 Å². The smallest absolute Gasteiger partial charge is 0.136 e. The van der Waals surface area contributed by atoms with Crippen molar-refractivity contribution < 1.29 is 9.18 Å². The first-order valence-electron chi connectivity index (χ1n) is 5.53. The first-order valence-corrected chi connectivity index (χ1v) is 5.53. The third-order valence-corrected chi connectivity index (χ3v) is 3.11. The number of carbonyl (C=O) groups excluding carboxylic acids is 1. The Hall–Kier alpha value is -1.18. The van der Waals surface area contributed by atoms with E-state index in [1.807, 2.05) is 6.07 Å². The van der Waals surface area contributed by atoms with Crippen LogP contribution < -0.4 is 0 Å². The fraction of sp³-hybridized carbons (Fsp3) is 0.462. The second kappa shape index (κ2) is 4.56. The van der Waals surface area contributed by atoms with Gasteiger partial charge < -0.3 is 0 Å². The molecule has 1 saturated carbocycles. The molecule has 2 heteroatoms. The summed E-state index contributed by atoms with van der Waals surface area (Å²) in [5.74, 6) is 0.177. The number of ketones is 1. The highest BCUT2D eigenvalue weighted by Gasteiger charge is 2.22. The van der Waals surface area contributed by atoms with Crippen molar-refractivity contribution in [1.82, 2.24) is 0 Å². The lowest BCUT2D eigenvalue weighted by atomic mass is 9.84. The van der Waals surface area contributed by atoms with E-state index >= 15 is 0 Å². The van der Waals surface area contributed by atoms with Crippen LogP contribution in [0.4, 0.5) is 4.39 Å². The maximum absolute atomic E-state index is 13.4. The normalized spacial score (nSPS) is 21.7. The summed E-state index contributed by atoms with van der Waals surface area (Å²) in [5.41, 5.74) is 0.678. The summed E-state index contributed by atoms with van der Waals surface area (Å²) < 4.78 is 13.4. The topological polar surface area (TPSA) is 17.1 Å². The minimum absolute atomic E-state index is 0.0515. The maximum atomic E-state index is 13.4. The number of rotatable bonds is 2. The Bertz CT molecular complexity index is 359. The minimum Gasteiger partial charge on any atom is -0.299 e. The van der Waals surface area contributed by atoms with Gasteiger partial charge >= 0.3 is 0 Å². The number of Topliss-reactive ketones (excluding diaryl/α,β-unsaturated/α-hetero) is 1. The Morgan fingerprint density at radius 2 is 2.07 bits per heavy atom. The number of benzene rings is 1. The van der Waals surface area contributed by atoms with Gasteiger partial charge in [-0.05, 0) is 30.9 Å². The molecule has 0 saturated heterocycles. The van der Waals surface area contributed by atoms with Crippen molar-refractivity contribution in [3.05, 3.63) is 35.6 Å². The molecular formula is C13H15FO. The maximum Gasteiger partial charge on any atom is 0.136 e. The van der Waals surface area contributed by atoms with Crippen molar-refractivity contribution in [2.24, 2.45) is 5.92 Å². The van der Waals surface area contributed by atoms with Crippen molar-refractivity contribution in [1.29, 1.82) is 0 Å². The number of hydrogen-bond donors (Lipinski definition) is 0. The third-order valence-electron chi connectivity index (χ3n) is 3.11. The predicted octanol–water partition coefficient (Wildman–Crippen LogP) is 3.13. The van der Waals surface area contributed by atoms with Crippen LogP contribution in [0, 0.1) is 11.7 Å². The van der Waals surface area contributed by atoms with Gasteiger partial charge in [0.2, 0.25) is 0 Å². The molecule has 80 valence electrons. The van der Waals surface area contributed by atoms with Crippen LogP contribution in [0.15, 0.2) is 24.3 Å². The SMILES string of the molecule is O=C1CCCC[C@@H]1Cc1ccccc1F. The van der Waals surface area contributed by atoms with Gasteiger partial charge in [0.15, 0.2) is 0 Å². The molecule has 0 aromatic heterocycles. The zero-order valence-electron chi connectivity index (χ0n) is 8.71. The van der Waals surface area contributed by atoms with Crippen molar-refractivity contribution >= 4 is 5.78 Å². The van der Waals surface area contributed by atoms with E-state index < -0.39 is 0 Å². The molecule has 1 nitrogen and oxygen atoms in total. The van der Waals surface area contributed by atoms with Crippen molar-refractivity contribution in [3.63, 3.8) is 0 Å². The lowest BCUT2D eigenvalue weighted by Crippen LogP contribution is -2.21. The Balaban J connectivity index is 2.08. The van der Waals surface area contributed by atoms with E-state index in [0.29, 0.717) is 24.2 Å². The zero-order chi connectivity index (χ0) is 10.7. The highest BCUT2D eigenvalue weighted by molar-refractivity contribution is 5.81. The van der Waals surface area contributed by atoms with Gasteiger partial charge in [0.05, 0.1) is 0 Å². The van der Waals surface area contributed by atoms with Gasteiger partial charge in [-0.15, -0.1) is 0 Å². The second-order valence-electron chi connectivity index (χ2n) is 4.20. The van der Waals surface area contributed by atoms with Gasteiger partial charge in [0.1, 0.15) is 11.6 Å². The zero-order valence-corrected chi connectivity index (χ0v) is 8.71. The van der Waals surface area contributed by atoms with Gasteiger partial charge in [0.25, 0.3) is 0 Å². The molecule has 0 unspecified atom stereocenters. The van der Waals surface area contributed by atoms with Crippen LogP contribution in [-0.2, 0) is 11.2 Å². The first-order chi connectivity index (χ1) is 7.27. The third kappa shape index (κ3) is 2.44. The van der Waals surface area contributed by atoms with Gasteiger partial charge in [-0.1, -0.05) is 24.6 Å². The predicted molar refractivity (Wildman–Crippen MR) is 57.1 cm³/mol. The molecule has 1 aliphatic carbocycles. The van der Waals surface area contributed by atoms with E-state index in [1.165, 1.54) is 6.07 Å². The lowest BCUT2D eigenvalue weighted by molar-refractivity contribution is -0.124. The molecule has 1 fully saturated rings. The van der Waals surface area contributed by atoms with Crippen LogP contribution >= 0.6 is 0 Å². The van der Waals surface area contributed by atoms with Gasteiger partial charge in [0, 0.05) is 12.3 Å². The van der Waals surface area contributed by atoms with Gasteiger partial charge in [-0.3, -0.25) is 4.79 Å². The van der Waals surface area contributed by atoms with Crippen LogP contribution in [0.3, 0.4) is 0 Å². The molecule has 0 amide bonds. The molecule has 0 spiro atoms. The molecule has 2 rings (SSSR count). The average molecular weight is 206 g/mol. The summed E-state index contributed by atoms with van der Waals surface area (Å²) in [7, 11) is 0. The summed E-state index contributed by atoms with van der Waals surface area (Å²) in [6.45, 7) is 0. The first kappa shape index (κ1) is 10.3. The number of halogens is 1. The van der Waals surface area contributed by atoms with E-state index in [4.69, 9.17) is 0 Å². The largest absolute Gasteiger partial charge is 0.299 e. The van der Waals surface area contributed by atoms with Crippen LogP contribution in [0.5, 0.6) is 0 Å². The van der Waals surface area contributed by atoms with E-state index in [-0.39, 0.29) is 11.7 Å². The minimum atomic E-state index is -0.184. The lowest BCUT2D eigenvalue weighted by Gasteiger charge is -2.20. The van der Waals surface area contributed by atoms with Crippen LogP contribution in [-0.4, -0.2) is 5.78 Å². The number of hydrogen-bond acceptors (Lipinski definition) is 1. The molecule has 1 atom stereocenters. The molecule has 0 N–H and O–H groups in total. The molecule has 1 aliphatic rings. The highest BCUT2D eigenvalue weighted by Crippen LogP contribution is 2.24. The Kier molecular flexibility index (Phi) is 3.14. The summed E-state index contributed by atoms with van der Waals surface area (Å²) in [6.07, 6.45) is 4.29. The van der Waals surface area contributed by atoms with Gasteiger partial charge in [-0.25, -0.2) is 4.39 Å². The van der Waals surface area contributed by atoms with E-state index in [1.54, 1.807) is 12.1 Å². The summed E-state index contributed by atoms with van der Waals surface area (Å²) in [6, 6.07) is 6.74. The standard InChI is InChI=1S/C13H15FO/c14-12-7-3-1-5-10(12)9-11-6-2-4-8-13(11)15/h1,3,5,7,11H,2,4,6,8-9H2/t11-/m1/s1. The van der Waals surface area contributed by atoms with E-state index in [9.17, 15) is 9.18 Å². The number of carbonyl (C=O) groups is 1. The average Bonchev–Trinajstić information content (AvgIpc) is 2.24. The molecular weight excluding hydrogens is 191 g/mol. The monoisotopic (exact) mass is 206 g/mol. The van der Waals surface area contributed by atoms with Crippen molar-refractivity contribution in [2.45, 2.75) is 32.1 Å². The molecule has 0 aliphatic heterocycles. The van der Waals surface area contributed by atoms with Crippen molar-refractivity contribution in [2.75, 3.05) is 0 Å². The molecule has 0 bridgehead atoms. The van der Waals surface area contributed by atoms with Crippen molar-refractivity contribution in [3.8, 4) is 0 Å². The molecule has 1 aromatic rings. The molecule has 0 heterocycles. The van der Waals surface area contributed by atoms with E-state index in [2.05, 4.69) is 0 Å². The summed E-state index contributed by atoms with van der Waals surface area (Å²) >= 11 is 0. The highest BCUT2D eigenvalue weighted by atomic mass is 19.1. The van der Waals surface area contributed by atoms with E-state index in [0.717, 1.165) is 19.3 Å². The second-order valence-corrected chi connectivity index (χ2v) is 4.20. The molecule has 1 aromatic carbocycles. The Labute approximate surface area is 89.3 Å². The molecule has 15 heavy (non-hydrogen) atoms. The summed E-state index contributed by atoms with van der Waals surface area (Å²) in [5, 5.41) is 0. The Morgan fingerprint density at radius 3 is 2.80 bits per heavy atom. The molecule has 0 radical (unpaired) electrons. The fourth-order valence-corrected chi connectivity index (χ4v) is 2.20. The fourth-order valence-electron chi connectivity index (χ4n) is 2.20. The van der Waals surface area contributed by atoms with Gasteiger partial charge in [-0.2, -0.15) is 0 Å². The van der Waals surface area contributed by atoms with Crippen LogP contribution in [0.1, 0.15) is 31.2 Å². The Morgan fingerprint density at radius 1 is 1.27 bits per heavy atom.